The Morgan fingerprint density at radius 2 is 0.880 bits per heavy atom. The first-order valence-corrected chi connectivity index (χ1v) is 6.40. The van der Waals surface area contributed by atoms with Gasteiger partial charge in [-0.3, -0.25) is 24.2 Å². The summed E-state index contributed by atoms with van der Waals surface area (Å²) < 4.78 is 0. The van der Waals surface area contributed by atoms with Crippen LogP contribution < -0.4 is 0 Å². The zero-order valence-corrected chi connectivity index (χ0v) is 13.5. The number of rotatable bonds is 12. The summed E-state index contributed by atoms with van der Waals surface area (Å²) in [5, 5.41) is 44.0. The fourth-order valence-electron chi connectivity index (χ4n) is 1.57. The van der Waals surface area contributed by atoms with Gasteiger partial charge in [-0.1, -0.05) is 0 Å². The van der Waals surface area contributed by atoms with E-state index < -0.39 is 51.0 Å². The standard InChI is InChI=1S/C10H19N3O8.2CH2O/c14-6-13(7-15)5-12(3-10(20)21)4-11(1-8(16)17)2-9(18)19;2*1-2/h14-15H,1-7H2,(H,16,17)(H,18,19)(H,20,21);2*1H2. The van der Waals surface area contributed by atoms with Crippen molar-refractivity contribution in [2.75, 3.05) is 46.4 Å². The molecule has 0 aromatic carbocycles. The molecule has 0 bridgehead atoms. The molecule has 0 aromatic heterocycles. The van der Waals surface area contributed by atoms with Crippen LogP contribution >= 0.6 is 0 Å². The monoisotopic (exact) mass is 369 g/mol. The van der Waals surface area contributed by atoms with Gasteiger partial charge >= 0.3 is 17.9 Å². The number of carboxylic acid groups (broad SMARTS) is 3. The highest BCUT2D eigenvalue weighted by molar-refractivity contribution is 5.72. The van der Waals surface area contributed by atoms with Crippen molar-refractivity contribution < 1.29 is 49.5 Å². The molecule has 0 atom stereocenters. The summed E-state index contributed by atoms with van der Waals surface area (Å²) in [6.07, 6.45) is 0. The molecule has 0 amide bonds. The summed E-state index contributed by atoms with van der Waals surface area (Å²) in [5.74, 6) is -3.73. The van der Waals surface area contributed by atoms with Crippen molar-refractivity contribution in [2.45, 2.75) is 0 Å². The van der Waals surface area contributed by atoms with E-state index in [9.17, 15) is 14.4 Å². The molecule has 0 saturated carbocycles. The lowest BCUT2D eigenvalue weighted by Crippen LogP contribution is -2.49. The summed E-state index contributed by atoms with van der Waals surface area (Å²) >= 11 is 0. The zero-order valence-electron chi connectivity index (χ0n) is 13.5. The van der Waals surface area contributed by atoms with Crippen molar-refractivity contribution in [3.05, 3.63) is 0 Å². The largest absolute Gasteiger partial charge is 0.480 e. The van der Waals surface area contributed by atoms with Gasteiger partial charge in [-0.2, -0.15) is 0 Å². The third kappa shape index (κ3) is 17.7. The minimum atomic E-state index is -1.26. The maximum atomic E-state index is 10.8. The van der Waals surface area contributed by atoms with Crippen LogP contribution in [0, 0.1) is 0 Å². The molecule has 0 rings (SSSR count). The molecular weight excluding hydrogens is 346 g/mol. The Balaban J connectivity index is -0.00000112. The van der Waals surface area contributed by atoms with Crippen molar-refractivity contribution in [2.24, 2.45) is 0 Å². The van der Waals surface area contributed by atoms with Gasteiger partial charge < -0.3 is 35.1 Å². The molecule has 0 radical (unpaired) electrons. The van der Waals surface area contributed by atoms with E-state index in [0.717, 1.165) is 9.80 Å². The molecule has 0 aliphatic carbocycles. The normalized spacial score (nSPS) is 9.80. The Morgan fingerprint density at radius 3 is 1.16 bits per heavy atom. The lowest BCUT2D eigenvalue weighted by molar-refractivity contribution is -0.144. The van der Waals surface area contributed by atoms with Crippen LogP contribution in [0.3, 0.4) is 0 Å². The highest BCUT2D eigenvalue weighted by Crippen LogP contribution is 1.98. The lowest BCUT2D eigenvalue weighted by Gasteiger charge is -2.30. The summed E-state index contributed by atoms with van der Waals surface area (Å²) in [4.78, 5) is 51.4. The van der Waals surface area contributed by atoms with Crippen LogP contribution in [0.25, 0.3) is 0 Å². The number of aliphatic carboxylic acids is 3. The fraction of sp³-hybridized carbons (Fsp3) is 0.583. The molecule has 5 N–H and O–H groups in total. The predicted molar refractivity (Wildman–Crippen MR) is 81.2 cm³/mol. The van der Waals surface area contributed by atoms with Gasteiger partial charge in [-0.05, 0) is 0 Å². The van der Waals surface area contributed by atoms with Gasteiger partial charge in [0.15, 0.2) is 0 Å². The summed E-state index contributed by atoms with van der Waals surface area (Å²) in [7, 11) is 0. The number of carbonyl (C=O) groups is 5. The second-order valence-corrected chi connectivity index (χ2v) is 4.23. The topological polar surface area (TPSA) is 196 Å². The van der Waals surface area contributed by atoms with Gasteiger partial charge in [0.25, 0.3) is 0 Å². The maximum Gasteiger partial charge on any atom is 0.317 e. The molecule has 146 valence electrons. The van der Waals surface area contributed by atoms with E-state index in [4.69, 9.17) is 35.1 Å². The Kier molecular flexibility index (Phi) is 19.6. The Bertz CT molecular complexity index is 373. The van der Waals surface area contributed by atoms with Crippen LogP contribution in [0.15, 0.2) is 0 Å². The molecule has 13 heteroatoms. The molecule has 0 spiro atoms. The van der Waals surface area contributed by atoms with E-state index in [0.29, 0.717) is 0 Å². The number of aliphatic hydroxyl groups excluding tert-OH is 2. The zero-order chi connectivity index (χ0) is 20.4. The van der Waals surface area contributed by atoms with Crippen LogP contribution in [0.5, 0.6) is 0 Å². The first kappa shape index (κ1) is 27.4. The van der Waals surface area contributed by atoms with Crippen LogP contribution in [0.4, 0.5) is 0 Å². The van der Waals surface area contributed by atoms with Gasteiger partial charge in [0.05, 0.1) is 46.4 Å². The first-order valence-electron chi connectivity index (χ1n) is 6.40. The minimum absolute atomic E-state index is 0.172. The lowest BCUT2D eigenvalue weighted by atomic mass is 10.4. The average Bonchev–Trinajstić information content (AvgIpc) is 2.54. The van der Waals surface area contributed by atoms with E-state index in [1.807, 2.05) is 13.6 Å². The molecule has 25 heavy (non-hydrogen) atoms. The summed E-state index contributed by atoms with van der Waals surface area (Å²) in [6.45, 7) is 0.818. The number of carboxylic acids is 3. The molecule has 0 aliphatic rings. The van der Waals surface area contributed by atoms with Crippen LogP contribution in [0.2, 0.25) is 0 Å². The molecule has 13 nitrogen and oxygen atoms in total. The number of aliphatic hydroxyl groups is 2. The highest BCUT2D eigenvalue weighted by atomic mass is 16.4. The number of hydrogen-bond donors (Lipinski definition) is 5. The Hall–Kier alpha value is -2.45. The molecule has 0 saturated heterocycles. The van der Waals surface area contributed by atoms with Crippen molar-refractivity contribution in [3.63, 3.8) is 0 Å². The predicted octanol–water partition coefficient (Wildman–Crippen LogP) is -3.41. The number of carbonyl (C=O) groups excluding carboxylic acids is 2. The Labute approximate surface area is 143 Å². The highest BCUT2D eigenvalue weighted by Gasteiger charge is 2.20. The van der Waals surface area contributed by atoms with E-state index in [1.54, 1.807) is 0 Å². The third-order valence-electron chi connectivity index (χ3n) is 2.28. The number of hydrogen-bond acceptors (Lipinski definition) is 10. The van der Waals surface area contributed by atoms with E-state index in [-0.39, 0.29) is 13.3 Å². The molecular formula is C12H23N3O10. The molecule has 0 heterocycles. The second-order valence-electron chi connectivity index (χ2n) is 4.23. The SMILES string of the molecule is C=O.C=O.O=C(O)CN(CC(=O)O)CN(CC(=O)O)CN(CO)CO. The quantitative estimate of drug-likeness (QED) is 0.213. The third-order valence-corrected chi connectivity index (χ3v) is 2.28. The smallest absolute Gasteiger partial charge is 0.317 e. The second kappa shape index (κ2) is 17.9. The van der Waals surface area contributed by atoms with Gasteiger partial charge in [0, 0.05) is 0 Å². The summed E-state index contributed by atoms with van der Waals surface area (Å²) in [5.41, 5.74) is 0. The van der Waals surface area contributed by atoms with Gasteiger partial charge in [0.2, 0.25) is 0 Å². The molecule has 0 aliphatic heterocycles. The average molecular weight is 369 g/mol. The van der Waals surface area contributed by atoms with Crippen molar-refractivity contribution in [3.8, 4) is 0 Å². The fourth-order valence-corrected chi connectivity index (χ4v) is 1.57. The van der Waals surface area contributed by atoms with Gasteiger partial charge in [0.1, 0.15) is 13.6 Å². The maximum absolute atomic E-state index is 10.8. The van der Waals surface area contributed by atoms with Crippen LogP contribution in [-0.2, 0) is 24.0 Å². The van der Waals surface area contributed by atoms with Crippen LogP contribution in [-0.4, -0.2) is 118 Å². The van der Waals surface area contributed by atoms with Crippen molar-refractivity contribution in [1.82, 2.24) is 14.7 Å². The Morgan fingerprint density at radius 1 is 0.600 bits per heavy atom. The molecule has 0 unspecified atom stereocenters. The minimum Gasteiger partial charge on any atom is -0.480 e. The van der Waals surface area contributed by atoms with E-state index in [2.05, 4.69) is 0 Å². The number of nitrogens with zero attached hydrogens (tertiary/aromatic N) is 3. The van der Waals surface area contributed by atoms with Gasteiger partial charge in [-0.15, -0.1) is 0 Å². The van der Waals surface area contributed by atoms with Gasteiger partial charge in [-0.25, -0.2) is 4.90 Å². The summed E-state index contributed by atoms with van der Waals surface area (Å²) in [6, 6.07) is 0. The van der Waals surface area contributed by atoms with Crippen molar-refractivity contribution in [1.29, 1.82) is 0 Å². The first-order chi connectivity index (χ1) is 11.8. The van der Waals surface area contributed by atoms with Crippen molar-refractivity contribution >= 4 is 31.5 Å². The van der Waals surface area contributed by atoms with Crippen LogP contribution in [0.1, 0.15) is 0 Å². The molecule has 0 aromatic rings. The van der Waals surface area contributed by atoms with E-state index >= 15 is 0 Å². The van der Waals surface area contributed by atoms with E-state index in [1.165, 1.54) is 4.90 Å². The molecule has 0 fully saturated rings.